The van der Waals surface area contributed by atoms with Crippen LogP contribution in [0.15, 0.2) is 30.3 Å². The van der Waals surface area contributed by atoms with Gasteiger partial charge in [0.05, 0.1) is 0 Å². The second kappa shape index (κ2) is 9.74. The van der Waals surface area contributed by atoms with Gasteiger partial charge in [-0.1, -0.05) is 31.5 Å². The molecular weight excluding hydrogens is 340 g/mol. The number of urea groups is 1. The smallest absolute Gasteiger partial charge is 0.317 e. The number of para-hydroxylation sites is 1. The van der Waals surface area contributed by atoms with Crippen LogP contribution in [-0.4, -0.2) is 67.6 Å². The summed E-state index contributed by atoms with van der Waals surface area (Å²) < 4.78 is 0. The fourth-order valence-electron chi connectivity index (χ4n) is 3.87. The highest BCUT2D eigenvalue weighted by Gasteiger charge is 2.28. The van der Waals surface area contributed by atoms with E-state index in [1.165, 1.54) is 19.4 Å². The third-order valence-electron chi connectivity index (χ3n) is 5.65. The van der Waals surface area contributed by atoms with Gasteiger partial charge >= 0.3 is 6.03 Å². The number of unbranched alkanes of at least 4 members (excludes halogenated alkanes) is 1. The van der Waals surface area contributed by atoms with Gasteiger partial charge in [0.1, 0.15) is 6.54 Å². The lowest BCUT2D eigenvalue weighted by atomic mass is 9.96. The summed E-state index contributed by atoms with van der Waals surface area (Å²) in [7, 11) is 0. The van der Waals surface area contributed by atoms with Crippen LogP contribution in [-0.2, 0) is 4.79 Å². The normalized spacial score (nSPS) is 19.4. The van der Waals surface area contributed by atoms with Gasteiger partial charge in [-0.3, -0.25) is 4.79 Å². The van der Waals surface area contributed by atoms with Crippen molar-refractivity contribution in [3.8, 4) is 0 Å². The molecule has 0 bridgehead atoms. The molecule has 0 radical (unpaired) electrons. The van der Waals surface area contributed by atoms with Crippen LogP contribution < -0.4 is 10.2 Å². The molecule has 1 N–H and O–H groups in total. The highest BCUT2D eigenvalue weighted by molar-refractivity contribution is 5.97. The van der Waals surface area contributed by atoms with Crippen LogP contribution in [0.2, 0.25) is 0 Å². The summed E-state index contributed by atoms with van der Waals surface area (Å²) in [6.07, 6.45) is 4.80. The fourth-order valence-corrected chi connectivity index (χ4v) is 3.87. The van der Waals surface area contributed by atoms with Crippen LogP contribution in [0.3, 0.4) is 0 Å². The van der Waals surface area contributed by atoms with Gasteiger partial charge in [0.25, 0.3) is 0 Å². The number of piperazine rings is 1. The van der Waals surface area contributed by atoms with E-state index < -0.39 is 0 Å². The molecule has 1 aromatic carbocycles. The van der Waals surface area contributed by atoms with E-state index in [1.54, 1.807) is 9.80 Å². The van der Waals surface area contributed by atoms with Crippen LogP contribution in [0.4, 0.5) is 10.5 Å². The third-order valence-corrected chi connectivity index (χ3v) is 5.65. The number of nitrogens with zero attached hydrogens (tertiary/aromatic N) is 3. The molecule has 2 fully saturated rings. The van der Waals surface area contributed by atoms with Gasteiger partial charge in [-0.25, -0.2) is 4.79 Å². The van der Waals surface area contributed by atoms with E-state index in [-0.39, 0.29) is 18.5 Å². The summed E-state index contributed by atoms with van der Waals surface area (Å²) in [5, 5.41) is 3.05. The van der Waals surface area contributed by atoms with Crippen LogP contribution >= 0.6 is 0 Å². The van der Waals surface area contributed by atoms with Gasteiger partial charge in [0, 0.05) is 25.3 Å². The number of benzene rings is 1. The van der Waals surface area contributed by atoms with Crippen LogP contribution in [0, 0.1) is 5.92 Å². The highest BCUT2D eigenvalue weighted by Crippen LogP contribution is 2.18. The second-order valence-electron chi connectivity index (χ2n) is 7.63. The molecule has 3 rings (SSSR count). The van der Waals surface area contributed by atoms with Gasteiger partial charge in [-0.15, -0.1) is 0 Å². The van der Waals surface area contributed by atoms with Crippen molar-refractivity contribution in [1.29, 1.82) is 0 Å². The number of nitrogens with one attached hydrogen (secondary N) is 1. The molecule has 0 spiro atoms. The highest BCUT2D eigenvalue weighted by atomic mass is 16.2. The minimum atomic E-state index is -0.107. The molecule has 1 aromatic rings. The van der Waals surface area contributed by atoms with Gasteiger partial charge in [-0.2, -0.15) is 0 Å². The summed E-state index contributed by atoms with van der Waals surface area (Å²) in [6, 6.07) is 9.54. The molecule has 0 aliphatic carbocycles. The Labute approximate surface area is 162 Å². The zero-order chi connectivity index (χ0) is 19.1. The first-order valence-corrected chi connectivity index (χ1v) is 10.3. The average Bonchev–Trinajstić information content (AvgIpc) is 2.71. The van der Waals surface area contributed by atoms with Crippen molar-refractivity contribution in [2.75, 3.05) is 50.7 Å². The number of amides is 3. The molecule has 6 nitrogen and oxygen atoms in total. The molecule has 6 heteroatoms. The molecule has 2 aliphatic heterocycles. The van der Waals surface area contributed by atoms with E-state index in [2.05, 4.69) is 17.1 Å². The van der Waals surface area contributed by atoms with E-state index >= 15 is 0 Å². The number of anilines is 1. The predicted octanol–water partition coefficient (Wildman–Crippen LogP) is 2.56. The molecule has 27 heavy (non-hydrogen) atoms. The van der Waals surface area contributed by atoms with Crippen LogP contribution in [0.25, 0.3) is 0 Å². The maximum atomic E-state index is 12.5. The molecular formula is C21H32N4O2. The largest absolute Gasteiger partial charge is 0.338 e. The number of rotatable bonds is 6. The van der Waals surface area contributed by atoms with Crippen molar-refractivity contribution in [3.63, 3.8) is 0 Å². The Morgan fingerprint density at radius 2 is 1.85 bits per heavy atom. The van der Waals surface area contributed by atoms with Crippen molar-refractivity contribution in [2.45, 2.75) is 32.6 Å². The number of likely N-dealkylation sites (tertiary alicyclic amines) is 1. The standard InChI is InChI=1S/C21H32N4O2/c1-2-3-11-23-12-9-18(10-13-23)16-22-21(27)24-14-15-25(20(26)17-24)19-7-5-4-6-8-19/h4-8,18H,2-3,9-17H2,1H3,(H,22,27). The van der Waals surface area contributed by atoms with E-state index in [9.17, 15) is 9.59 Å². The summed E-state index contributed by atoms with van der Waals surface area (Å²) in [5.74, 6) is 0.528. The van der Waals surface area contributed by atoms with E-state index in [4.69, 9.17) is 0 Å². The zero-order valence-corrected chi connectivity index (χ0v) is 16.4. The first kappa shape index (κ1) is 19.7. The van der Waals surface area contributed by atoms with Crippen molar-refractivity contribution in [2.24, 2.45) is 5.92 Å². The lowest BCUT2D eigenvalue weighted by molar-refractivity contribution is -0.120. The molecule has 0 saturated carbocycles. The molecule has 0 unspecified atom stereocenters. The number of piperidine rings is 1. The van der Waals surface area contributed by atoms with Crippen LogP contribution in [0.5, 0.6) is 0 Å². The Balaban J connectivity index is 1.39. The summed E-state index contributed by atoms with van der Waals surface area (Å²) >= 11 is 0. The Morgan fingerprint density at radius 1 is 1.11 bits per heavy atom. The summed E-state index contributed by atoms with van der Waals surface area (Å²) in [5.41, 5.74) is 0.900. The number of hydrogen-bond donors (Lipinski definition) is 1. The Kier molecular flexibility index (Phi) is 7.10. The van der Waals surface area contributed by atoms with Gasteiger partial charge in [0.15, 0.2) is 0 Å². The van der Waals surface area contributed by atoms with Crippen molar-refractivity contribution < 1.29 is 9.59 Å². The third kappa shape index (κ3) is 5.45. The Bertz CT molecular complexity index is 614. The van der Waals surface area contributed by atoms with Crippen molar-refractivity contribution >= 4 is 17.6 Å². The maximum absolute atomic E-state index is 12.5. The topological polar surface area (TPSA) is 55.9 Å². The molecule has 0 aromatic heterocycles. The van der Waals surface area contributed by atoms with E-state index in [0.717, 1.165) is 31.6 Å². The lowest BCUT2D eigenvalue weighted by Crippen LogP contribution is -2.55. The molecule has 148 valence electrons. The first-order valence-electron chi connectivity index (χ1n) is 10.3. The molecule has 2 aliphatic rings. The van der Waals surface area contributed by atoms with Crippen LogP contribution in [0.1, 0.15) is 32.6 Å². The van der Waals surface area contributed by atoms with E-state index in [1.807, 2.05) is 30.3 Å². The quantitative estimate of drug-likeness (QED) is 0.835. The van der Waals surface area contributed by atoms with Gasteiger partial charge in [0.2, 0.25) is 5.91 Å². The summed E-state index contributed by atoms with van der Waals surface area (Å²) in [4.78, 5) is 30.8. The second-order valence-corrected chi connectivity index (χ2v) is 7.63. The summed E-state index contributed by atoms with van der Waals surface area (Å²) in [6.45, 7) is 7.68. The first-order chi connectivity index (χ1) is 13.2. The van der Waals surface area contributed by atoms with Gasteiger partial charge in [-0.05, 0) is 56.9 Å². The Hall–Kier alpha value is -2.08. The monoisotopic (exact) mass is 372 g/mol. The zero-order valence-electron chi connectivity index (χ0n) is 16.4. The minimum absolute atomic E-state index is 0.0215. The lowest BCUT2D eigenvalue weighted by Gasteiger charge is -2.35. The fraction of sp³-hybridized carbons (Fsp3) is 0.619. The minimum Gasteiger partial charge on any atom is -0.338 e. The Morgan fingerprint density at radius 3 is 2.52 bits per heavy atom. The van der Waals surface area contributed by atoms with Gasteiger partial charge < -0.3 is 20.0 Å². The molecule has 0 atom stereocenters. The molecule has 3 amide bonds. The molecule has 2 heterocycles. The predicted molar refractivity (Wildman–Crippen MR) is 108 cm³/mol. The SMILES string of the molecule is CCCCN1CCC(CNC(=O)N2CCN(c3ccccc3)C(=O)C2)CC1. The van der Waals surface area contributed by atoms with Crippen molar-refractivity contribution in [1.82, 2.24) is 15.1 Å². The average molecular weight is 373 g/mol. The number of carbonyl (C=O) groups is 2. The van der Waals surface area contributed by atoms with Crippen molar-refractivity contribution in [3.05, 3.63) is 30.3 Å². The molecule has 2 saturated heterocycles. The maximum Gasteiger partial charge on any atom is 0.317 e. The van der Waals surface area contributed by atoms with E-state index in [0.29, 0.717) is 25.6 Å². The number of hydrogen-bond acceptors (Lipinski definition) is 3. The number of carbonyl (C=O) groups excluding carboxylic acids is 2.